The Hall–Kier alpha value is -0.830. The van der Waals surface area contributed by atoms with Gasteiger partial charge in [0.05, 0.1) is 6.54 Å². The van der Waals surface area contributed by atoms with E-state index in [1.807, 2.05) is 6.08 Å². The predicted molar refractivity (Wildman–Crippen MR) is 60.6 cm³/mol. The van der Waals surface area contributed by atoms with Crippen molar-refractivity contribution in [2.45, 2.75) is 44.1 Å². The topological polar surface area (TPSA) is 38.3 Å². The lowest BCUT2D eigenvalue weighted by atomic mass is 9.95. The molecule has 15 heavy (non-hydrogen) atoms. The molecule has 1 fully saturated rings. The Balaban J connectivity index is 2.48. The van der Waals surface area contributed by atoms with Crippen molar-refractivity contribution in [3.05, 3.63) is 12.7 Å². The van der Waals surface area contributed by atoms with Crippen LogP contribution in [0, 0.1) is 0 Å². The summed E-state index contributed by atoms with van der Waals surface area (Å²) in [6, 6.07) is 0. The first-order valence-electron chi connectivity index (χ1n) is 5.70. The maximum atomic E-state index is 11.5. The van der Waals surface area contributed by atoms with Crippen LogP contribution in [-0.2, 0) is 9.53 Å². The maximum Gasteiger partial charge on any atom is 0.320 e. The van der Waals surface area contributed by atoms with Crippen LogP contribution in [0.25, 0.3) is 0 Å². The SMILES string of the molecule is C=CCCC1(OC(=O)CNC)CCCC1. The van der Waals surface area contributed by atoms with E-state index in [1.165, 1.54) is 12.8 Å². The third-order valence-corrected chi connectivity index (χ3v) is 2.97. The van der Waals surface area contributed by atoms with Crippen LogP contribution < -0.4 is 5.32 Å². The molecule has 0 radical (unpaired) electrons. The fourth-order valence-corrected chi connectivity index (χ4v) is 2.21. The predicted octanol–water partition coefficient (Wildman–Crippen LogP) is 2.03. The summed E-state index contributed by atoms with van der Waals surface area (Å²) in [5, 5.41) is 2.82. The molecule has 0 unspecified atom stereocenters. The highest BCUT2D eigenvalue weighted by Crippen LogP contribution is 2.37. The zero-order valence-electron chi connectivity index (χ0n) is 9.55. The van der Waals surface area contributed by atoms with Crippen molar-refractivity contribution in [3.8, 4) is 0 Å². The molecular formula is C12H21NO2. The molecule has 3 nitrogen and oxygen atoms in total. The molecule has 1 N–H and O–H groups in total. The minimum atomic E-state index is -0.192. The van der Waals surface area contributed by atoms with Crippen molar-refractivity contribution in [3.63, 3.8) is 0 Å². The van der Waals surface area contributed by atoms with Crippen LogP contribution in [0.1, 0.15) is 38.5 Å². The summed E-state index contributed by atoms with van der Waals surface area (Å²) < 4.78 is 5.59. The number of allylic oxidation sites excluding steroid dienone is 1. The smallest absolute Gasteiger partial charge is 0.320 e. The average Bonchev–Trinajstić information content (AvgIpc) is 2.64. The molecule has 1 aliphatic carbocycles. The quantitative estimate of drug-likeness (QED) is 0.539. The number of likely N-dealkylation sites (N-methyl/N-ethyl adjacent to an activating group) is 1. The van der Waals surface area contributed by atoms with Gasteiger partial charge < -0.3 is 10.1 Å². The van der Waals surface area contributed by atoms with E-state index < -0.39 is 0 Å². The van der Waals surface area contributed by atoms with Gasteiger partial charge in [-0.1, -0.05) is 6.08 Å². The molecule has 0 aliphatic heterocycles. The fourth-order valence-electron chi connectivity index (χ4n) is 2.21. The molecule has 3 heteroatoms. The van der Waals surface area contributed by atoms with Gasteiger partial charge in [0, 0.05) is 0 Å². The van der Waals surface area contributed by atoms with E-state index in [-0.39, 0.29) is 11.6 Å². The molecule has 0 aromatic rings. The average molecular weight is 211 g/mol. The van der Waals surface area contributed by atoms with Gasteiger partial charge in [-0.2, -0.15) is 0 Å². The van der Waals surface area contributed by atoms with Crippen molar-refractivity contribution in [1.82, 2.24) is 5.32 Å². The zero-order chi connectivity index (χ0) is 11.1. The second kappa shape index (κ2) is 5.91. The summed E-state index contributed by atoms with van der Waals surface area (Å²) in [5.74, 6) is -0.136. The molecule has 0 aromatic carbocycles. The molecular weight excluding hydrogens is 190 g/mol. The number of hydrogen-bond donors (Lipinski definition) is 1. The van der Waals surface area contributed by atoms with E-state index in [1.54, 1.807) is 7.05 Å². The highest BCUT2D eigenvalue weighted by molar-refractivity contribution is 5.72. The second-order valence-corrected chi connectivity index (χ2v) is 4.22. The zero-order valence-corrected chi connectivity index (χ0v) is 9.55. The van der Waals surface area contributed by atoms with Gasteiger partial charge in [0.25, 0.3) is 0 Å². The van der Waals surface area contributed by atoms with Crippen LogP contribution in [0.2, 0.25) is 0 Å². The largest absolute Gasteiger partial charge is 0.458 e. The first kappa shape index (κ1) is 12.2. The molecule has 86 valence electrons. The third-order valence-electron chi connectivity index (χ3n) is 2.97. The Labute approximate surface area is 91.9 Å². The van der Waals surface area contributed by atoms with E-state index >= 15 is 0 Å². The molecule has 0 heterocycles. The molecule has 1 rings (SSSR count). The number of esters is 1. The molecule has 0 atom stereocenters. The molecule has 1 saturated carbocycles. The molecule has 0 amide bonds. The van der Waals surface area contributed by atoms with Crippen molar-refractivity contribution in [2.24, 2.45) is 0 Å². The van der Waals surface area contributed by atoms with Gasteiger partial charge in [0.1, 0.15) is 5.60 Å². The summed E-state index contributed by atoms with van der Waals surface area (Å²) in [7, 11) is 1.76. The van der Waals surface area contributed by atoms with E-state index in [0.29, 0.717) is 6.54 Å². The van der Waals surface area contributed by atoms with E-state index in [2.05, 4.69) is 11.9 Å². The Morgan fingerprint density at radius 1 is 1.53 bits per heavy atom. The first-order chi connectivity index (χ1) is 7.22. The van der Waals surface area contributed by atoms with E-state index in [4.69, 9.17) is 4.74 Å². The van der Waals surface area contributed by atoms with Crippen LogP contribution in [-0.4, -0.2) is 25.2 Å². The summed E-state index contributed by atoms with van der Waals surface area (Å²) in [6.45, 7) is 4.02. The highest BCUT2D eigenvalue weighted by Gasteiger charge is 2.36. The van der Waals surface area contributed by atoms with Gasteiger partial charge in [0.15, 0.2) is 0 Å². The van der Waals surface area contributed by atoms with Crippen molar-refractivity contribution in [2.75, 3.05) is 13.6 Å². The Morgan fingerprint density at radius 3 is 2.73 bits per heavy atom. The summed E-state index contributed by atoms with van der Waals surface area (Å²) >= 11 is 0. The van der Waals surface area contributed by atoms with Crippen LogP contribution in [0.4, 0.5) is 0 Å². The number of nitrogens with one attached hydrogen (secondary N) is 1. The van der Waals surface area contributed by atoms with E-state index in [0.717, 1.165) is 25.7 Å². The molecule has 0 saturated heterocycles. The molecule has 0 bridgehead atoms. The fraction of sp³-hybridized carbons (Fsp3) is 0.750. The summed E-state index contributed by atoms with van der Waals surface area (Å²) in [5.41, 5.74) is -0.192. The minimum Gasteiger partial charge on any atom is -0.458 e. The maximum absolute atomic E-state index is 11.5. The van der Waals surface area contributed by atoms with Gasteiger partial charge in [-0.15, -0.1) is 6.58 Å². The standard InChI is InChI=1S/C12H21NO2/c1-3-4-7-12(8-5-6-9-12)15-11(14)10-13-2/h3,13H,1,4-10H2,2H3. The molecule has 0 aromatic heterocycles. The Morgan fingerprint density at radius 2 is 2.20 bits per heavy atom. The first-order valence-corrected chi connectivity index (χ1v) is 5.70. The lowest BCUT2D eigenvalue weighted by Gasteiger charge is -2.28. The van der Waals surface area contributed by atoms with Crippen molar-refractivity contribution in [1.29, 1.82) is 0 Å². The van der Waals surface area contributed by atoms with E-state index in [9.17, 15) is 4.79 Å². The van der Waals surface area contributed by atoms with Gasteiger partial charge >= 0.3 is 5.97 Å². The number of carbonyl (C=O) groups is 1. The van der Waals surface area contributed by atoms with Gasteiger partial charge in [-0.05, 0) is 45.6 Å². The van der Waals surface area contributed by atoms with Gasteiger partial charge in [-0.25, -0.2) is 0 Å². The lowest BCUT2D eigenvalue weighted by molar-refractivity contribution is -0.158. The van der Waals surface area contributed by atoms with Gasteiger partial charge in [-0.3, -0.25) is 4.79 Å². The van der Waals surface area contributed by atoms with Crippen LogP contribution in [0.15, 0.2) is 12.7 Å². The normalized spacial score (nSPS) is 18.7. The molecule has 0 spiro atoms. The number of ether oxygens (including phenoxy) is 1. The summed E-state index contributed by atoms with van der Waals surface area (Å²) in [6.07, 6.45) is 8.10. The lowest BCUT2D eigenvalue weighted by Crippen LogP contribution is -2.35. The third kappa shape index (κ3) is 3.67. The monoisotopic (exact) mass is 211 g/mol. The van der Waals surface area contributed by atoms with Crippen molar-refractivity contribution >= 4 is 5.97 Å². The minimum absolute atomic E-state index is 0.136. The Kier molecular flexibility index (Phi) is 4.82. The Bertz CT molecular complexity index is 220. The number of rotatable bonds is 6. The van der Waals surface area contributed by atoms with Crippen molar-refractivity contribution < 1.29 is 9.53 Å². The van der Waals surface area contributed by atoms with Crippen LogP contribution >= 0.6 is 0 Å². The van der Waals surface area contributed by atoms with Crippen LogP contribution in [0.5, 0.6) is 0 Å². The number of hydrogen-bond acceptors (Lipinski definition) is 3. The van der Waals surface area contributed by atoms with Gasteiger partial charge in [0.2, 0.25) is 0 Å². The second-order valence-electron chi connectivity index (χ2n) is 4.22. The molecule has 1 aliphatic rings. The van der Waals surface area contributed by atoms with Crippen LogP contribution in [0.3, 0.4) is 0 Å². The number of carbonyl (C=O) groups excluding carboxylic acids is 1. The summed E-state index contributed by atoms with van der Waals surface area (Å²) in [4.78, 5) is 11.5. The highest BCUT2D eigenvalue weighted by atomic mass is 16.6.